The molecule has 0 radical (unpaired) electrons. The fourth-order valence-electron chi connectivity index (χ4n) is 1.64. The minimum absolute atomic E-state index is 0.0130. The molecule has 1 fully saturated rings. The molecule has 0 aliphatic heterocycles. The summed E-state index contributed by atoms with van der Waals surface area (Å²) in [7, 11) is 0. The Labute approximate surface area is 110 Å². The van der Waals surface area contributed by atoms with Crippen molar-refractivity contribution in [3.8, 4) is 11.8 Å². The normalized spacial score (nSPS) is 15.8. The van der Waals surface area contributed by atoms with E-state index >= 15 is 0 Å². The lowest BCUT2D eigenvalue weighted by atomic mass is 10.1. The highest BCUT2D eigenvalue weighted by molar-refractivity contribution is 6.35. The van der Waals surface area contributed by atoms with Crippen LogP contribution in [0, 0.1) is 23.7 Å². The van der Waals surface area contributed by atoms with E-state index in [9.17, 15) is 4.79 Å². The Morgan fingerprint density at radius 3 is 2.78 bits per heavy atom. The molecule has 18 heavy (non-hydrogen) atoms. The Kier molecular flexibility index (Phi) is 3.18. The van der Waals surface area contributed by atoms with Crippen molar-refractivity contribution in [1.29, 1.82) is 5.26 Å². The summed E-state index contributed by atoms with van der Waals surface area (Å²) in [5.41, 5.74) is 0.368. The number of ether oxygens (including phenoxy) is 1. The molecule has 0 unspecified atom stereocenters. The maximum absolute atomic E-state index is 11.0. The van der Waals surface area contributed by atoms with E-state index in [1.54, 1.807) is 13.0 Å². The first-order chi connectivity index (χ1) is 8.49. The number of halogens is 1. The summed E-state index contributed by atoms with van der Waals surface area (Å²) in [5.74, 6) is -0.732. The molecule has 0 saturated heterocycles. The first-order valence-corrected chi connectivity index (χ1v) is 5.93. The van der Waals surface area contributed by atoms with Crippen molar-refractivity contribution in [2.45, 2.75) is 19.8 Å². The minimum Gasteiger partial charge on any atom is -0.490 e. The Morgan fingerprint density at radius 2 is 2.28 bits per heavy atom. The van der Waals surface area contributed by atoms with Crippen LogP contribution in [0.2, 0.25) is 5.02 Å². The van der Waals surface area contributed by atoms with Gasteiger partial charge in [0.05, 0.1) is 22.1 Å². The van der Waals surface area contributed by atoms with Crippen molar-refractivity contribution in [2.75, 3.05) is 6.61 Å². The number of aryl methyl sites for hydroxylation is 1. The Hall–Kier alpha value is -1.73. The molecule has 1 N–H and O–H groups in total. The fourth-order valence-corrected chi connectivity index (χ4v) is 1.99. The first-order valence-electron chi connectivity index (χ1n) is 5.55. The molecule has 4 nitrogen and oxygen atoms in total. The maximum Gasteiger partial charge on any atom is 0.337 e. The molecule has 0 aromatic heterocycles. The van der Waals surface area contributed by atoms with E-state index in [1.165, 1.54) is 6.07 Å². The zero-order valence-corrected chi connectivity index (χ0v) is 10.6. The molecule has 0 atom stereocenters. The molecule has 1 aromatic carbocycles. The molecule has 2 rings (SSSR count). The maximum atomic E-state index is 11.0. The third-order valence-corrected chi connectivity index (χ3v) is 3.48. The van der Waals surface area contributed by atoms with Crippen molar-refractivity contribution in [1.82, 2.24) is 0 Å². The summed E-state index contributed by atoms with van der Waals surface area (Å²) in [5, 5.41) is 18.0. The molecule has 0 amide bonds. The highest BCUT2D eigenvalue weighted by Crippen LogP contribution is 2.45. The monoisotopic (exact) mass is 265 g/mol. The zero-order valence-electron chi connectivity index (χ0n) is 9.86. The predicted octanol–water partition coefficient (Wildman–Crippen LogP) is 3.03. The van der Waals surface area contributed by atoms with Crippen LogP contribution in [0.1, 0.15) is 28.8 Å². The summed E-state index contributed by atoms with van der Waals surface area (Å²) >= 11 is 6.01. The number of aromatic carboxylic acids is 1. The van der Waals surface area contributed by atoms with E-state index in [4.69, 9.17) is 26.7 Å². The summed E-state index contributed by atoms with van der Waals surface area (Å²) in [4.78, 5) is 11.0. The van der Waals surface area contributed by atoms with Crippen LogP contribution in [0.5, 0.6) is 5.75 Å². The van der Waals surface area contributed by atoms with Gasteiger partial charge in [-0.15, -0.1) is 0 Å². The molecule has 1 aliphatic carbocycles. The van der Waals surface area contributed by atoms with Gasteiger partial charge in [0, 0.05) is 0 Å². The smallest absolute Gasteiger partial charge is 0.337 e. The van der Waals surface area contributed by atoms with Crippen molar-refractivity contribution >= 4 is 17.6 Å². The number of carboxylic acid groups (broad SMARTS) is 1. The number of nitrogens with zero attached hydrogens (tertiary/aromatic N) is 1. The van der Waals surface area contributed by atoms with Crippen LogP contribution in [-0.2, 0) is 0 Å². The van der Waals surface area contributed by atoms with Crippen LogP contribution in [0.4, 0.5) is 0 Å². The fraction of sp³-hybridized carbons (Fsp3) is 0.385. The lowest BCUT2D eigenvalue weighted by Crippen LogP contribution is -2.12. The van der Waals surface area contributed by atoms with Gasteiger partial charge in [0.1, 0.15) is 12.4 Å². The lowest BCUT2D eigenvalue weighted by Gasteiger charge is -2.14. The van der Waals surface area contributed by atoms with E-state index in [-0.39, 0.29) is 17.2 Å². The number of nitriles is 1. The van der Waals surface area contributed by atoms with Gasteiger partial charge in [-0.1, -0.05) is 17.7 Å². The van der Waals surface area contributed by atoms with Gasteiger partial charge in [-0.3, -0.25) is 0 Å². The van der Waals surface area contributed by atoms with Crippen molar-refractivity contribution < 1.29 is 14.6 Å². The average Bonchev–Trinajstić information content (AvgIpc) is 3.09. The van der Waals surface area contributed by atoms with Gasteiger partial charge in [0.15, 0.2) is 0 Å². The minimum atomic E-state index is -1.09. The van der Waals surface area contributed by atoms with Gasteiger partial charge < -0.3 is 9.84 Å². The Morgan fingerprint density at radius 1 is 1.61 bits per heavy atom. The molecule has 5 heteroatoms. The number of hydrogen-bond acceptors (Lipinski definition) is 3. The quantitative estimate of drug-likeness (QED) is 0.908. The largest absolute Gasteiger partial charge is 0.490 e. The van der Waals surface area contributed by atoms with E-state index in [0.717, 1.165) is 18.4 Å². The van der Waals surface area contributed by atoms with Crippen LogP contribution >= 0.6 is 11.6 Å². The third kappa shape index (κ3) is 2.27. The van der Waals surface area contributed by atoms with Crippen LogP contribution in [0.15, 0.2) is 12.1 Å². The van der Waals surface area contributed by atoms with E-state index < -0.39 is 11.4 Å². The second-order valence-corrected chi connectivity index (χ2v) is 4.94. The third-order valence-electron chi connectivity index (χ3n) is 3.11. The zero-order chi connectivity index (χ0) is 13.3. The second kappa shape index (κ2) is 4.51. The summed E-state index contributed by atoms with van der Waals surface area (Å²) in [6.07, 6.45) is 1.64. The van der Waals surface area contributed by atoms with Gasteiger partial charge in [0.2, 0.25) is 0 Å². The number of hydrogen-bond donors (Lipinski definition) is 1. The number of benzene rings is 1. The van der Waals surface area contributed by atoms with Crippen molar-refractivity contribution in [2.24, 2.45) is 5.41 Å². The van der Waals surface area contributed by atoms with Gasteiger partial charge in [0.25, 0.3) is 0 Å². The highest BCUT2D eigenvalue weighted by Gasteiger charge is 2.44. The van der Waals surface area contributed by atoms with Crippen LogP contribution < -0.4 is 4.74 Å². The summed E-state index contributed by atoms with van der Waals surface area (Å²) in [6.45, 7) is 2.05. The predicted molar refractivity (Wildman–Crippen MR) is 65.9 cm³/mol. The second-order valence-electron chi connectivity index (χ2n) is 4.56. The van der Waals surface area contributed by atoms with Gasteiger partial charge in [-0.05, 0) is 31.4 Å². The highest BCUT2D eigenvalue weighted by atomic mass is 35.5. The van der Waals surface area contributed by atoms with Crippen LogP contribution in [-0.4, -0.2) is 17.7 Å². The first kappa shape index (κ1) is 12.7. The molecule has 1 aliphatic rings. The molecule has 0 heterocycles. The average molecular weight is 266 g/mol. The number of carbonyl (C=O) groups is 1. The Bertz CT molecular complexity index is 544. The molecule has 94 valence electrons. The van der Waals surface area contributed by atoms with Crippen LogP contribution in [0.3, 0.4) is 0 Å². The molecule has 1 saturated carbocycles. The van der Waals surface area contributed by atoms with Crippen molar-refractivity contribution in [3.05, 3.63) is 28.3 Å². The van der Waals surface area contributed by atoms with Crippen LogP contribution in [0.25, 0.3) is 0 Å². The van der Waals surface area contributed by atoms with Gasteiger partial charge >= 0.3 is 5.97 Å². The van der Waals surface area contributed by atoms with Gasteiger partial charge in [-0.2, -0.15) is 5.26 Å². The molecule has 0 bridgehead atoms. The number of rotatable bonds is 4. The SMILES string of the molecule is Cc1ccc(C(=O)O)c(Cl)c1OCC1(C#N)CC1. The molecular formula is C13H12ClNO3. The summed E-state index contributed by atoms with van der Waals surface area (Å²) < 4.78 is 5.56. The standard InChI is InChI=1S/C13H12ClNO3/c1-8-2-3-9(12(16)17)10(14)11(8)18-7-13(6-15)4-5-13/h2-3H,4-5,7H2,1H3,(H,16,17). The van der Waals surface area contributed by atoms with E-state index in [2.05, 4.69) is 6.07 Å². The Balaban J connectivity index is 2.24. The van der Waals surface area contributed by atoms with Gasteiger partial charge in [-0.25, -0.2) is 4.79 Å². The summed E-state index contributed by atoms with van der Waals surface area (Å²) in [6, 6.07) is 5.31. The van der Waals surface area contributed by atoms with E-state index in [1.807, 2.05) is 0 Å². The van der Waals surface area contributed by atoms with E-state index in [0.29, 0.717) is 5.75 Å². The molecule has 0 spiro atoms. The molecule has 1 aromatic rings. The van der Waals surface area contributed by atoms with Crippen molar-refractivity contribution in [3.63, 3.8) is 0 Å². The lowest BCUT2D eigenvalue weighted by molar-refractivity contribution is 0.0696. The number of carboxylic acids is 1. The molecular weight excluding hydrogens is 254 g/mol. The topological polar surface area (TPSA) is 70.3 Å².